The van der Waals surface area contributed by atoms with Crippen molar-refractivity contribution < 1.29 is 4.74 Å². The van der Waals surface area contributed by atoms with Crippen LogP contribution in [0.5, 0.6) is 0 Å². The molecule has 1 atom stereocenters. The van der Waals surface area contributed by atoms with E-state index in [4.69, 9.17) is 16.3 Å². The molecule has 2 nitrogen and oxygen atoms in total. The Morgan fingerprint density at radius 2 is 1.89 bits per heavy atom. The fraction of sp³-hybridized carbons (Fsp3) is 0.600. The number of ether oxygens (including phenoxy) is 1. The van der Waals surface area contributed by atoms with E-state index >= 15 is 0 Å². The summed E-state index contributed by atoms with van der Waals surface area (Å²) in [6, 6.07) is 8.48. The largest absolute Gasteiger partial charge is 0.377 e. The zero-order valence-electron chi connectivity index (χ0n) is 11.2. The molecule has 0 aromatic heterocycles. The van der Waals surface area contributed by atoms with E-state index in [1.807, 2.05) is 26.3 Å². The number of nitrogens with one attached hydrogen (secondary N) is 1. The van der Waals surface area contributed by atoms with E-state index in [2.05, 4.69) is 17.4 Å². The number of hydrogen-bond donors (Lipinski definition) is 1. The molecular formula is C15H22ClNO. The van der Waals surface area contributed by atoms with Crippen LogP contribution in [-0.2, 0) is 11.2 Å². The standard InChI is InChI=1S/C15H22ClNO/c1-17-14(15(18-2)9-3-4-10-15)11-12-5-7-13(16)8-6-12/h5-8,14,17H,3-4,9-11H2,1-2H3. The highest BCUT2D eigenvalue weighted by molar-refractivity contribution is 6.30. The lowest BCUT2D eigenvalue weighted by Crippen LogP contribution is -2.50. The third kappa shape index (κ3) is 2.87. The molecule has 2 rings (SSSR count). The second-order valence-electron chi connectivity index (χ2n) is 5.15. The predicted octanol–water partition coefficient (Wildman–Crippen LogP) is 3.43. The van der Waals surface area contributed by atoms with E-state index < -0.39 is 0 Å². The highest BCUT2D eigenvalue weighted by Gasteiger charge is 2.40. The van der Waals surface area contributed by atoms with Crippen molar-refractivity contribution >= 4 is 11.6 Å². The molecule has 1 aliphatic rings. The zero-order chi connectivity index (χ0) is 13.0. The van der Waals surface area contributed by atoms with Gasteiger partial charge in [-0.25, -0.2) is 0 Å². The van der Waals surface area contributed by atoms with Gasteiger partial charge in [-0.1, -0.05) is 36.6 Å². The number of benzene rings is 1. The SMILES string of the molecule is CNC(Cc1ccc(Cl)cc1)C1(OC)CCCC1. The molecule has 0 amide bonds. The third-order valence-corrected chi connectivity index (χ3v) is 4.45. The number of likely N-dealkylation sites (N-methyl/N-ethyl adjacent to an activating group) is 1. The van der Waals surface area contributed by atoms with Crippen molar-refractivity contribution in [3.8, 4) is 0 Å². The number of methoxy groups -OCH3 is 1. The molecule has 1 aromatic rings. The monoisotopic (exact) mass is 267 g/mol. The summed E-state index contributed by atoms with van der Waals surface area (Å²) >= 11 is 5.92. The molecule has 0 spiro atoms. The van der Waals surface area contributed by atoms with Crippen molar-refractivity contribution in [2.24, 2.45) is 0 Å². The molecule has 1 unspecified atom stereocenters. The molecule has 100 valence electrons. The van der Waals surface area contributed by atoms with Crippen LogP contribution in [0.4, 0.5) is 0 Å². The molecule has 0 radical (unpaired) electrons. The Bertz CT molecular complexity index is 371. The van der Waals surface area contributed by atoms with Crippen LogP contribution in [0, 0.1) is 0 Å². The van der Waals surface area contributed by atoms with E-state index in [0.29, 0.717) is 6.04 Å². The first-order chi connectivity index (χ1) is 8.70. The van der Waals surface area contributed by atoms with Gasteiger partial charge < -0.3 is 10.1 Å². The van der Waals surface area contributed by atoms with Crippen LogP contribution in [0.2, 0.25) is 5.02 Å². The Morgan fingerprint density at radius 3 is 2.39 bits per heavy atom. The van der Waals surface area contributed by atoms with Gasteiger partial charge in [0, 0.05) is 18.2 Å². The van der Waals surface area contributed by atoms with Crippen LogP contribution < -0.4 is 5.32 Å². The number of rotatable bonds is 5. The van der Waals surface area contributed by atoms with E-state index in [-0.39, 0.29) is 5.60 Å². The van der Waals surface area contributed by atoms with E-state index in [1.54, 1.807) is 0 Å². The molecule has 1 N–H and O–H groups in total. The Morgan fingerprint density at radius 1 is 1.28 bits per heavy atom. The van der Waals surface area contributed by atoms with Crippen LogP contribution in [0.1, 0.15) is 31.2 Å². The molecule has 1 fully saturated rings. The first kappa shape index (κ1) is 13.9. The van der Waals surface area contributed by atoms with E-state index in [9.17, 15) is 0 Å². The average Bonchev–Trinajstić information content (AvgIpc) is 2.88. The van der Waals surface area contributed by atoms with E-state index in [1.165, 1.54) is 18.4 Å². The predicted molar refractivity (Wildman–Crippen MR) is 76.2 cm³/mol. The summed E-state index contributed by atoms with van der Waals surface area (Å²) in [6.45, 7) is 0. The maximum atomic E-state index is 5.92. The lowest BCUT2D eigenvalue weighted by Gasteiger charge is -2.36. The smallest absolute Gasteiger partial charge is 0.0834 e. The summed E-state index contributed by atoms with van der Waals surface area (Å²) in [7, 11) is 3.87. The van der Waals surface area contributed by atoms with Gasteiger partial charge in [0.15, 0.2) is 0 Å². The van der Waals surface area contributed by atoms with Crippen molar-refractivity contribution in [2.75, 3.05) is 14.2 Å². The first-order valence-corrected chi connectivity index (χ1v) is 7.05. The van der Waals surface area contributed by atoms with Crippen molar-refractivity contribution in [1.82, 2.24) is 5.32 Å². The first-order valence-electron chi connectivity index (χ1n) is 6.67. The topological polar surface area (TPSA) is 21.3 Å². The Balaban J connectivity index is 2.11. The van der Waals surface area contributed by atoms with Gasteiger partial charge in [0.1, 0.15) is 0 Å². The minimum absolute atomic E-state index is 0.00832. The van der Waals surface area contributed by atoms with Crippen LogP contribution in [-0.4, -0.2) is 25.8 Å². The Labute approximate surface area is 115 Å². The van der Waals surface area contributed by atoms with Gasteiger partial charge in [-0.05, 0) is 44.0 Å². The van der Waals surface area contributed by atoms with Gasteiger partial charge in [-0.3, -0.25) is 0 Å². The summed E-state index contributed by atoms with van der Waals surface area (Å²) in [5.74, 6) is 0. The molecule has 1 aromatic carbocycles. The highest BCUT2D eigenvalue weighted by Crippen LogP contribution is 2.36. The third-order valence-electron chi connectivity index (χ3n) is 4.19. The van der Waals surface area contributed by atoms with Crippen LogP contribution in [0.25, 0.3) is 0 Å². The molecular weight excluding hydrogens is 246 g/mol. The zero-order valence-corrected chi connectivity index (χ0v) is 12.0. The summed E-state index contributed by atoms with van der Waals surface area (Å²) in [5.41, 5.74) is 1.32. The molecule has 1 saturated carbocycles. The molecule has 0 aliphatic heterocycles. The van der Waals surface area contributed by atoms with Crippen molar-refractivity contribution in [3.05, 3.63) is 34.9 Å². The van der Waals surface area contributed by atoms with Gasteiger partial charge in [0.25, 0.3) is 0 Å². The number of hydrogen-bond acceptors (Lipinski definition) is 2. The lowest BCUT2D eigenvalue weighted by atomic mass is 9.87. The minimum Gasteiger partial charge on any atom is -0.377 e. The normalized spacial score (nSPS) is 19.9. The van der Waals surface area contributed by atoms with Gasteiger partial charge in [-0.2, -0.15) is 0 Å². The Kier molecular flexibility index (Phi) is 4.66. The number of halogens is 1. The molecule has 0 bridgehead atoms. The Hall–Kier alpha value is -0.570. The molecule has 0 heterocycles. The van der Waals surface area contributed by atoms with Gasteiger partial charge in [0.05, 0.1) is 5.60 Å². The van der Waals surface area contributed by atoms with Crippen LogP contribution in [0.3, 0.4) is 0 Å². The summed E-state index contributed by atoms with van der Waals surface area (Å²) in [4.78, 5) is 0. The highest BCUT2D eigenvalue weighted by atomic mass is 35.5. The molecule has 18 heavy (non-hydrogen) atoms. The second-order valence-corrected chi connectivity index (χ2v) is 5.58. The van der Waals surface area contributed by atoms with Gasteiger partial charge in [0.2, 0.25) is 0 Å². The maximum Gasteiger partial charge on any atom is 0.0834 e. The summed E-state index contributed by atoms with van der Waals surface area (Å²) in [5, 5.41) is 4.23. The molecule has 0 saturated heterocycles. The fourth-order valence-corrected chi connectivity index (χ4v) is 3.20. The summed E-state index contributed by atoms with van der Waals surface area (Å²) < 4.78 is 5.86. The lowest BCUT2D eigenvalue weighted by molar-refractivity contribution is -0.0336. The van der Waals surface area contributed by atoms with Crippen molar-refractivity contribution in [3.63, 3.8) is 0 Å². The minimum atomic E-state index is 0.00832. The van der Waals surface area contributed by atoms with Gasteiger partial charge >= 0.3 is 0 Å². The van der Waals surface area contributed by atoms with Gasteiger partial charge in [-0.15, -0.1) is 0 Å². The average molecular weight is 268 g/mol. The quantitative estimate of drug-likeness (QED) is 0.883. The second kappa shape index (κ2) is 6.05. The summed E-state index contributed by atoms with van der Waals surface area (Å²) in [6.07, 6.45) is 5.84. The van der Waals surface area contributed by atoms with Crippen LogP contribution >= 0.6 is 11.6 Å². The maximum absolute atomic E-state index is 5.92. The fourth-order valence-electron chi connectivity index (χ4n) is 3.08. The van der Waals surface area contributed by atoms with Crippen LogP contribution in [0.15, 0.2) is 24.3 Å². The van der Waals surface area contributed by atoms with Crippen molar-refractivity contribution in [1.29, 1.82) is 0 Å². The van der Waals surface area contributed by atoms with Crippen molar-refractivity contribution in [2.45, 2.75) is 43.7 Å². The molecule has 3 heteroatoms. The van der Waals surface area contributed by atoms with E-state index in [0.717, 1.165) is 24.3 Å². The molecule has 1 aliphatic carbocycles.